The summed E-state index contributed by atoms with van der Waals surface area (Å²) < 4.78 is 5.29. The number of hydrogen-bond donors (Lipinski definition) is 1. The maximum absolute atomic E-state index is 11.8. The van der Waals surface area contributed by atoms with Crippen molar-refractivity contribution < 1.29 is 9.53 Å². The van der Waals surface area contributed by atoms with E-state index in [0.717, 1.165) is 28.6 Å². The zero-order chi connectivity index (χ0) is 22.7. The number of carbonyl (C=O) groups excluding carboxylic acids is 1. The van der Waals surface area contributed by atoms with Crippen LogP contribution in [0, 0.1) is 0 Å². The molecule has 0 spiro atoms. The second-order valence-electron chi connectivity index (χ2n) is 9.34. The Kier molecular flexibility index (Phi) is 10.3. The molecule has 1 aromatic carbocycles. The average molecular weight is 428 g/mol. The molecule has 31 heavy (non-hydrogen) atoms. The number of benzene rings is 1. The van der Waals surface area contributed by atoms with Crippen LogP contribution in [-0.2, 0) is 17.7 Å². The molecular formula is C26H41N3O2. The second kappa shape index (κ2) is 12.7. The summed E-state index contributed by atoms with van der Waals surface area (Å²) in [6.07, 6.45) is 6.80. The van der Waals surface area contributed by atoms with E-state index in [1.54, 1.807) is 0 Å². The molecule has 1 N–H and O–H groups in total. The Morgan fingerprint density at radius 3 is 2.42 bits per heavy atom. The summed E-state index contributed by atoms with van der Waals surface area (Å²) >= 11 is 0. The van der Waals surface area contributed by atoms with Gasteiger partial charge in [0.25, 0.3) is 0 Å². The lowest BCUT2D eigenvalue weighted by Crippen LogP contribution is -2.32. The van der Waals surface area contributed by atoms with E-state index in [1.807, 2.05) is 32.9 Å². The highest BCUT2D eigenvalue weighted by molar-refractivity contribution is 5.79. The number of carbonyl (C=O) groups is 1. The van der Waals surface area contributed by atoms with E-state index in [-0.39, 0.29) is 0 Å². The van der Waals surface area contributed by atoms with Gasteiger partial charge in [-0.05, 0) is 96.3 Å². The first-order chi connectivity index (χ1) is 14.8. The maximum Gasteiger partial charge on any atom is 0.407 e. The van der Waals surface area contributed by atoms with Gasteiger partial charge in [0.05, 0.1) is 5.52 Å². The first kappa shape index (κ1) is 25.1. The number of pyridine rings is 1. The van der Waals surface area contributed by atoms with Gasteiger partial charge in [-0.1, -0.05) is 32.4 Å². The molecule has 2 rings (SSSR count). The highest BCUT2D eigenvalue weighted by atomic mass is 16.6. The fraction of sp³-hybridized carbons (Fsp3) is 0.615. The average Bonchev–Trinajstić information content (AvgIpc) is 2.71. The number of rotatable bonds is 12. The van der Waals surface area contributed by atoms with Crippen molar-refractivity contribution in [1.29, 1.82) is 0 Å². The predicted octanol–water partition coefficient (Wildman–Crippen LogP) is 6.09. The van der Waals surface area contributed by atoms with Crippen molar-refractivity contribution in [2.75, 3.05) is 19.6 Å². The van der Waals surface area contributed by atoms with Gasteiger partial charge in [0, 0.05) is 17.6 Å². The molecule has 5 heteroatoms. The van der Waals surface area contributed by atoms with Crippen LogP contribution in [0.25, 0.3) is 10.9 Å². The molecule has 172 valence electrons. The molecule has 0 aliphatic rings. The van der Waals surface area contributed by atoms with Crippen LogP contribution in [0.4, 0.5) is 4.79 Å². The van der Waals surface area contributed by atoms with Crippen LogP contribution >= 0.6 is 0 Å². The molecule has 0 radical (unpaired) electrons. The van der Waals surface area contributed by atoms with Crippen molar-refractivity contribution in [2.24, 2.45) is 0 Å². The third kappa shape index (κ3) is 9.69. The molecule has 0 saturated carbocycles. The molecular weight excluding hydrogens is 386 g/mol. The van der Waals surface area contributed by atoms with E-state index in [2.05, 4.69) is 42.3 Å². The van der Waals surface area contributed by atoms with Gasteiger partial charge in [0.15, 0.2) is 0 Å². The number of aromatic nitrogens is 1. The quantitative estimate of drug-likeness (QED) is 0.416. The van der Waals surface area contributed by atoms with E-state index < -0.39 is 11.7 Å². The largest absolute Gasteiger partial charge is 0.444 e. The van der Waals surface area contributed by atoms with Crippen molar-refractivity contribution in [1.82, 2.24) is 15.2 Å². The van der Waals surface area contributed by atoms with Gasteiger partial charge in [-0.3, -0.25) is 4.98 Å². The van der Waals surface area contributed by atoms with Crippen LogP contribution in [0.3, 0.4) is 0 Å². The molecule has 1 amide bonds. The third-order valence-electron chi connectivity index (χ3n) is 5.13. The number of nitrogens with one attached hydrogen (secondary N) is 1. The smallest absolute Gasteiger partial charge is 0.407 e. The van der Waals surface area contributed by atoms with Crippen LogP contribution in [0.15, 0.2) is 30.3 Å². The first-order valence-electron chi connectivity index (χ1n) is 11.9. The van der Waals surface area contributed by atoms with Crippen LogP contribution in [-0.4, -0.2) is 41.2 Å². The SMILES string of the molecule is CCCN(CCC)CCCCCc1ccc2cc(CNC(=O)OC(C)(C)C)ccc2n1. The Morgan fingerprint density at radius 1 is 1.00 bits per heavy atom. The number of unbranched alkanes of at least 4 members (excludes halogenated alkanes) is 2. The van der Waals surface area contributed by atoms with Crippen LogP contribution in [0.1, 0.15) is 78.0 Å². The molecule has 1 heterocycles. The molecule has 1 aromatic heterocycles. The molecule has 0 bridgehead atoms. The summed E-state index contributed by atoms with van der Waals surface area (Å²) in [4.78, 5) is 19.3. The number of amides is 1. The van der Waals surface area contributed by atoms with Gasteiger partial charge >= 0.3 is 6.09 Å². The van der Waals surface area contributed by atoms with Crippen molar-refractivity contribution in [2.45, 2.75) is 85.3 Å². The minimum atomic E-state index is -0.488. The lowest BCUT2D eigenvalue weighted by atomic mass is 10.1. The van der Waals surface area contributed by atoms with Crippen molar-refractivity contribution in [3.8, 4) is 0 Å². The minimum absolute atomic E-state index is 0.395. The Bertz CT molecular complexity index is 808. The summed E-state index contributed by atoms with van der Waals surface area (Å²) in [7, 11) is 0. The molecule has 0 atom stereocenters. The first-order valence-corrected chi connectivity index (χ1v) is 11.9. The lowest BCUT2D eigenvalue weighted by Gasteiger charge is -2.20. The Balaban J connectivity index is 1.80. The monoisotopic (exact) mass is 427 g/mol. The van der Waals surface area contributed by atoms with Crippen LogP contribution in [0.2, 0.25) is 0 Å². The molecule has 0 fully saturated rings. The van der Waals surface area contributed by atoms with Gasteiger partial charge in [-0.2, -0.15) is 0 Å². The number of alkyl carbamates (subject to hydrolysis) is 1. The number of fused-ring (bicyclic) bond motifs is 1. The summed E-state index contributed by atoms with van der Waals surface area (Å²) in [5.74, 6) is 0. The third-order valence-corrected chi connectivity index (χ3v) is 5.13. The Morgan fingerprint density at radius 2 is 1.74 bits per heavy atom. The topological polar surface area (TPSA) is 54.5 Å². The summed E-state index contributed by atoms with van der Waals surface area (Å²) in [5, 5.41) is 3.91. The van der Waals surface area contributed by atoms with E-state index in [1.165, 1.54) is 51.7 Å². The minimum Gasteiger partial charge on any atom is -0.444 e. The van der Waals surface area contributed by atoms with Crippen molar-refractivity contribution in [3.05, 3.63) is 41.6 Å². The highest BCUT2D eigenvalue weighted by Gasteiger charge is 2.15. The van der Waals surface area contributed by atoms with E-state index in [4.69, 9.17) is 9.72 Å². The lowest BCUT2D eigenvalue weighted by molar-refractivity contribution is 0.0523. The van der Waals surface area contributed by atoms with E-state index in [9.17, 15) is 4.79 Å². The number of aryl methyl sites for hydroxylation is 1. The summed E-state index contributed by atoms with van der Waals surface area (Å²) in [5.41, 5.74) is 2.72. The number of ether oxygens (including phenoxy) is 1. The van der Waals surface area contributed by atoms with E-state index >= 15 is 0 Å². The molecule has 0 aliphatic heterocycles. The van der Waals surface area contributed by atoms with Gasteiger partial charge in [0.1, 0.15) is 5.60 Å². The van der Waals surface area contributed by atoms with Crippen molar-refractivity contribution in [3.63, 3.8) is 0 Å². The zero-order valence-corrected chi connectivity index (χ0v) is 20.2. The molecule has 2 aromatic rings. The Labute approximate surface area is 188 Å². The summed E-state index contributed by atoms with van der Waals surface area (Å²) in [6.45, 7) is 14.2. The fourth-order valence-electron chi connectivity index (χ4n) is 3.74. The standard InChI is InChI=1S/C26H41N3O2/c1-6-16-29(17-7-2)18-10-8-9-11-23-14-13-22-19-21(12-15-24(22)28-23)20-27-25(30)31-26(3,4)5/h12-15,19H,6-11,16-18,20H2,1-5H3,(H,27,30). The molecule has 5 nitrogen and oxygen atoms in total. The van der Waals surface area contributed by atoms with Gasteiger partial charge in [0.2, 0.25) is 0 Å². The maximum atomic E-state index is 11.8. The molecule has 0 saturated heterocycles. The van der Waals surface area contributed by atoms with Crippen molar-refractivity contribution >= 4 is 17.0 Å². The molecule has 0 unspecified atom stereocenters. The number of hydrogen-bond acceptors (Lipinski definition) is 4. The van der Waals surface area contributed by atoms with Gasteiger partial charge in [-0.25, -0.2) is 4.79 Å². The summed E-state index contributed by atoms with van der Waals surface area (Å²) in [6, 6.07) is 10.4. The van der Waals surface area contributed by atoms with E-state index in [0.29, 0.717) is 6.54 Å². The van der Waals surface area contributed by atoms with Crippen LogP contribution in [0.5, 0.6) is 0 Å². The molecule has 0 aliphatic carbocycles. The van der Waals surface area contributed by atoms with Gasteiger partial charge < -0.3 is 15.0 Å². The normalized spacial score (nSPS) is 11.8. The predicted molar refractivity (Wildman–Crippen MR) is 129 cm³/mol. The highest BCUT2D eigenvalue weighted by Crippen LogP contribution is 2.17. The van der Waals surface area contributed by atoms with Crippen LogP contribution < -0.4 is 5.32 Å². The van der Waals surface area contributed by atoms with Gasteiger partial charge in [-0.15, -0.1) is 0 Å². The second-order valence-corrected chi connectivity index (χ2v) is 9.34. The fourth-order valence-corrected chi connectivity index (χ4v) is 3.74. The zero-order valence-electron chi connectivity index (χ0n) is 20.2. The Hall–Kier alpha value is -2.14. The number of nitrogens with zero attached hydrogens (tertiary/aromatic N) is 2.